The van der Waals surface area contributed by atoms with Gasteiger partial charge in [0.15, 0.2) is 0 Å². The van der Waals surface area contributed by atoms with Crippen LogP contribution in [0, 0.1) is 0 Å². The highest BCUT2D eigenvalue weighted by molar-refractivity contribution is 5.91. The Bertz CT molecular complexity index is 627. The van der Waals surface area contributed by atoms with Gasteiger partial charge >= 0.3 is 0 Å². The van der Waals surface area contributed by atoms with E-state index >= 15 is 0 Å². The average molecular weight is 350 g/mol. The molecule has 1 amide bonds. The van der Waals surface area contributed by atoms with Crippen LogP contribution in [0.3, 0.4) is 0 Å². The molecular formula is C17H26N4O4. The number of nitrogens with one attached hydrogen (secondary N) is 2. The molecule has 4 atom stereocenters. The summed E-state index contributed by atoms with van der Waals surface area (Å²) >= 11 is 0. The zero-order chi connectivity index (χ0) is 18.0. The van der Waals surface area contributed by atoms with Gasteiger partial charge in [-0.3, -0.25) is 15.0 Å². The molecule has 4 unspecified atom stereocenters. The first kappa shape index (κ1) is 18.2. The van der Waals surface area contributed by atoms with Crippen LogP contribution >= 0.6 is 0 Å². The zero-order valence-electron chi connectivity index (χ0n) is 14.1. The summed E-state index contributed by atoms with van der Waals surface area (Å²) < 4.78 is 0. The molecule has 0 saturated carbocycles. The first-order chi connectivity index (χ1) is 12.0. The van der Waals surface area contributed by atoms with Crippen molar-refractivity contribution in [2.75, 3.05) is 11.9 Å². The van der Waals surface area contributed by atoms with Crippen molar-refractivity contribution in [2.45, 2.75) is 57.0 Å². The Morgan fingerprint density at radius 3 is 2.84 bits per heavy atom. The lowest BCUT2D eigenvalue weighted by atomic mass is 10.0. The smallest absolute Gasteiger partial charge is 0.224 e. The van der Waals surface area contributed by atoms with E-state index in [0.717, 1.165) is 11.1 Å². The monoisotopic (exact) mass is 350 g/mol. The Morgan fingerprint density at radius 2 is 2.12 bits per heavy atom. The van der Waals surface area contributed by atoms with Gasteiger partial charge in [-0.1, -0.05) is 12.1 Å². The van der Waals surface area contributed by atoms with E-state index in [-0.39, 0.29) is 11.9 Å². The van der Waals surface area contributed by atoms with Crippen molar-refractivity contribution in [1.82, 2.24) is 10.2 Å². The standard InChI is InChI=1S/C17H26N4O4/c18-8-2-5-14(22)19-12-4-1-3-10-11(12)9-21(17(10)25)13-6-7-15(23)20-16(13)24/h1,3-4,13,15-17,20,23-25H,2,5-9,18H2,(H,19,22). The summed E-state index contributed by atoms with van der Waals surface area (Å²) in [4.78, 5) is 13.8. The van der Waals surface area contributed by atoms with E-state index in [4.69, 9.17) is 5.73 Å². The van der Waals surface area contributed by atoms with Crippen LogP contribution in [0.15, 0.2) is 18.2 Å². The molecule has 2 aliphatic heterocycles. The number of aliphatic hydroxyl groups is 3. The summed E-state index contributed by atoms with van der Waals surface area (Å²) in [7, 11) is 0. The summed E-state index contributed by atoms with van der Waals surface area (Å²) in [6, 6.07) is 5.12. The van der Waals surface area contributed by atoms with E-state index in [1.807, 2.05) is 12.1 Å². The third-order valence-corrected chi connectivity index (χ3v) is 4.92. The maximum absolute atomic E-state index is 12.0. The second-order valence-corrected chi connectivity index (χ2v) is 6.63. The number of aliphatic hydroxyl groups excluding tert-OH is 3. The number of fused-ring (bicyclic) bond motifs is 1. The van der Waals surface area contributed by atoms with E-state index in [1.165, 1.54) is 0 Å². The first-order valence-electron chi connectivity index (χ1n) is 8.69. The van der Waals surface area contributed by atoms with Crippen LogP contribution in [-0.4, -0.2) is 51.2 Å². The Balaban J connectivity index is 1.75. The maximum atomic E-state index is 12.0. The summed E-state index contributed by atoms with van der Waals surface area (Å²) in [5.74, 6) is -0.103. The SMILES string of the molecule is NCCCC(=O)Nc1cccc2c1CN(C1CCC(O)NC1O)C2O. The predicted octanol–water partition coefficient (Wildman–Crippen LogP) is -0.441. The molecule has 138 valence electrons. The molecule has 0 radical (unpaired) electrons. The fourth-order valence-corrected chi connectivity index (χ4v) is 3.59. The summed E-state index contributed by atoms with van der Waals surface area (Å²) in [6.45, 7) is 0.884. The number of nitrogens with two attached hydrogens (primary N) is 1. The minimum atomic E-state index is -0.921. The zero-order valence-corrected chi connectivity index (χ0v) is 14.1. The molecular weight excluding hydrogens is 324 g/mol. The van der Waals surface area contributed by atoms with Gasteiger partial charge in [-0.05, 0) is 37.4 Å². The van der Waals surface area contributed by atoms with Gasteiger partial charge in [-0.25, -0.2) is 0 Å². The second kappa shape index (κ2) is 7.77. The molecule has 0 aromatic heterocycles. The average Bonchev–Trinajstić information content (AvgIpc) is 2.91. The van der Waals surface area contributed by atoms with E-state index < -0.39 is 18.7 Å². The molecule has 1 aromatic rings. The van der Waals surface area contributed by atoms with Crippen molar-refractivity contribution >= 4 is 11.6 Å². The van der Waals surface area contributed by atoms with Crippen molar-refractivity contribution in [3.63, 3.8) is 0 Å². The molecule has 0 spiro atoms. The number of hydrogen-bond donors (Lipinski definition) is 6. The van der Waals surface area contributed by atoms with Gasteiger partial charge in [0.25, 0.3) is 0 Å². The fourth-order valence-electron chi connectivity index (χ4n) is 3.59. The van der Waals surface area contributed by atoms with Crippen molar-refractivity contribution in [2.24, 2.45) is 5.73 Å². The van der Waals surface area contributed by atoms with Crippen LogP contribution in [-0.2, 0) is 11.3 Å². The van der Waals surface area contributed by atoms with Gasteiger partial charge in [-0.2, -0.15) is 0 Å². The summed E-state index contributed by atoms with van der Waals surface area (Å²) in [5, 5.41) is 36.0. The molecule has 1 saturated heterocycles. The number of rotatable bonds is 5. The minimum Gasteiger partial charge on any atom is -0.379 e. The van der Waals surface area contributed by atoms with Crippen LogP contribution in [0.5, 0.6) is 0 Å². The lowest BCUT2D eigenvalue weighted by molar-refractivity contribution is -0.116. The first-order valence-corrected chi connectivity index (χ1v) is 8.69. The lowest BCUT2D eigenvalue weighted by Crippen LogP contribution is -2.56. The number of nitrogens with zero attached hydrogens (tertiary/aromatic N) is 1. The Kier molecular flexibility index (Phi) is 5.67. The Labute approximate surface area is 146 Å². The van der Waals surface area contributed by atoms with Gasteiger partial charge in [0, 0.05) is 24.2 Å². The molecule has 0 bridgehead atoms. The highest BCUT2D eigenvalue weighted by atomic mass is 16.3. The van der Waals surface area contributed by atoms with E-state index in [9.17, 15) is 20.1 Å². The quantitative estimate of drug-likeness (QED) is 0.424. The van der Waals surface area contributed by atoms with Gasteiger partial charge in [0.05, 0.1) is 6.04 Å². The highest BCUT2D eigenvalue weighted by Crippen LogP contribution is 2.39. The topological polar surface area (TPSA) is 131 Å². The summed E-state index contributed by atoms with van der Waals surface area (Å²) in [6.07, 6.45) is -0.454. The molecule has 7 N–H and O–H groups in total. The number of piperidine rings is 1. The van der Waals surface area contributed by atoms with Crippen LogP contribution in [0.4, 0.5) is 5.69 Å². The van der Waals surface area contributed by atoms with Crippen molar-refractivity contribution < 1.29 is 20.1 Å². The molecule has 8 nitrogen and oxygen atoms in total. The third kappa shape index (κ3) is 3.84. The molecule has 2 heterocycles. The normalized spacial score (nSPS) is 29.4. The molecule has 0 aliphatic carbocycles. The number of carbonyl (C=O) groups is 1. The predicted molar refractivity (Wildman–Crippen MR) is 92.0 cm³/mol. The number of hydrogen-bond acceptors (Lipinski definition) is 7. The minimum absolute atomic E-state index is 0.103. The Hall–Kier alpha value is -1.55. The molecule has 1 aromatic carbocycles. The van der Waals surface area contributed by atoms with Crippen molar-refractivity contribution in [3.8, 4) is 0 Å². The van der Waals surface area contributed by atoms with E-state index in [1.54, 1.807) is 11.0 Å². The van der Waals surface area contributed by atoms with Crippen LogP contribution in [0.2, 0.25) is 0 Å². The number of anilines is 1. The third-order valence-electron chi connectivity index (χ3n) is 4.92. The van der Waals surface area contributed by atoms with Crippen LogP contribution in [0.25, 0.3) is 0 Å². The van der Waals surface area contributed by atoms with Gasteiger partial charge in [0.1, 0.15) is 18.7 Å². The van der Waals surface area contributed by atoms with Crippen molar-refractivity contribution in [1.29, 1.82) is 0 Å². The largest absolute Gasteiger partial charge is 0.379 e. The van der Waals surface area contributed by atoms with E-state index in [2.05, 4.69) is 10.6 Å². The van der Waals surface area contributed by atoms with Gasteiger partial charge in [0.2, 0.25) is 5.91 Å². The van der Waals surface area contributed by atoms with E-state index in [0.29, 0.717) is 44.5 Å². The van der Waals surface area contributed by atoms with Gasteiger partial charge in [-0.15, -0.1) is 0 Å². The number of benzene rings is 1. The summed E-state index contributed by atoms with van der Waals surface area (Å²) in [5.41, 5.74) is 7.70. The Morgan fingerprint density at radius 1 is 1.32 bits per heavy atom. The molecule has 8 heteroatoms. The molecule has 25 heavy (non-hydrogen) atoms. The molecule has 1 fully saturated rings. The molecule has 2 aliphatic rings. The number of amides is 1. The van der Waals surface area contributed by atoms with Gasteiger partial charge < -0.3 is 26.4 Å². The van der Waals surface area contributed by atoms with Crippen LogP contribution < -0.4 is 16.4 Å². The van der Waals surface area contributed by atoms with Crippen LogP contribution in [0.1, 0.15) is 43.0 Å². The highest BCUT2D eigenvalue weighted by Gasteiger charge is 2.40. The van der Waals surface area contributed by atoms with Crippen molar-refractivity contribution in [3.05, 3.63) is 29.3 Å². The second-order valence-electron chi connectivity index (χ2n) is 6.63. The number of carbonyl (C=O) groups excluding carboxylic acids is 1. The lowest BCUT2D eigenvalue weighted by Gasteiger charge is -2.39. The fraction of sp³-hybridized carbons (Fsp3) is 0.588. The molecule has 3 rings (SSSR count). The maximum Gasteiger partial charge on any atom is 0.224 e.